The summed E-state index contributed by atoms with van der Waals surface area (Å²) in [6.07, 6.45) is -3.82. The minimum absolute atomic E-state index is 0.0768. The number of carbonyl (C=O) groups is 1. The lowest BCUT2D eigenvalue weighted by Gasteiger charge is -2.33. The fourth-order valence-electron chi connectivity index (χ4n) is 2.72. The molecule has 2 aromatic rings. The maximum Gasteiger partial charge on any atom is 0.393 e. The van der Waals surface area contributed by atoms with E-state index in [9.17, 15) is 18.0 Å². The van der Waals surface area contributed by atoms with Crippen LogP contribution in [-0.2, 0) is 0 Å². The Morgan fingerprint density at radius 1 is 1.32 bits per heavy atom. The Morgan fingerprint density at radius 2 is 2.05 bits per heavy atom. The highest BCUT2D eigenvalue weighted by molar-refractivity contribution is 7.21. The fraction of sp³-hybridized carbons (Fsp3) is 0.400. The number of fused-ring (bicyclic) bond motifs is 1. The first kappa shape index (κ1) is 15.6. The molecule has 0 bridgehead atoms. The second-order valence-electron chi connectivity index (χ2n) is 5.37. The first-order valence-electron chi connectivity index (χ1n) is 6.91. The Balaban J connectivity index is 1.88. The van der Waals surface area contributed by atoms with Crippen LogP contribution in [0.5, 0.6) is 0 Å². The van der Waals surface area contributed by atoms with Crippen LogP contribution in [-0.4, -0.2) is 30.1 Å². The van der Waals surface area contributed by atoms with Gasteiger partial charge >= 0.3 is 6.18 Å². The number of likely N-dealkylation sites (tertiary alicyclic amines) is 1. The average Bonchev–Trinajstić information content (AvgIpc) is 2.83. The maximum absolute atomic E-state index is 12.9. The van der Waals surface area contributed by atoms with Gasteiger partial charge in [-0.2, -0.15) is 13.2 Å². The summed E-state index contributed by atoms with van der Waals surface area (Å²) in [5.41, 5.74) is 0. The number of amides is 1. The van der Waals surface area contributed by atoms with Crippen LogP contribution >= 0.6 is 22.9 Å². The fourth-order valence-corrected chi connectivity index (χ4v) is 4.20. The van der Waals surface area contributed by atoms with E-state index in [2.05, 4.69) is 0 Å². The molecule has 7 heteroatoms. The number of piperidine rings is 1. The topological polar surface area (TPSA) is 20.3 Å². The standard InChI is InChI=1S/C15H13ClF3NOS/c16-12-10-5-1-2-6-11(10)22-13(12)14(21)20-7-3-4-9(8-20)15(17,18)19/h1-2,5-6,9H,3-4,7-8H2. The number of alkyl halides is 3. The molecular weight excluding hydrogens is 335 g/mol. The predicted molar refractivity (Wildman–Crippen MR) is 81.5 cm³/mol. The van der Waals surface area contributed by atoms with Gasteiger partial charge in [-0.3, -0.25) is 4.79 Å². The Hall–Kier alpha value is -1.27. The van der Waals surface area contributed by atoms with E-state index in [1.807, 2.05) is 18.2 Å². The molecule has 1 aromatic carbocycles. The van der Waals surface area contributed by atoms with Gasteiger partial charge in [0, 0.05) is 23.2 Å². The molecule has 1 amide bonds. The predicted octanol–water partition coefficient (Wildman–Crippen LogP) is 4.97. The number of rotatable bonds is 1. The van der Waals surface area contributed by atoms with Crippen LogP contribution in [0.4, 0.5) is 13.2 Å². The third kappa shape index (κ3) is 2.82. The molecule has 1 aromatic heterocycles. The van der Waals surface area contributed by atoms with Crippen LogP contribution in [0.15, 0.2) is 24.3 Å². The van der Waals surface area contributed by atoms with Gasteiger partial charge in [-0.15, -0.1) is 11.3 Å². The Kier molecular flexibility index (Phi) is 4.07. The van der Waals surface area contributed by atoms with E-state index in [0.29, 0.717) is 22.9 Å². The highest BCUT2D eigenvalue weighted by atomic mass is 35.5. The lowest BCUT2D eigenvalue weighted by molar-refractivity contribution is -0.184. The molecular formula is C15H13ClF3NOS. The van der Waals surface area contributed by atoms with Gasteiger partial charge in [0.05, 0.1) is 10.9 Å². The van der Waals surface area contributed by atoms with Gasteiger partial charge in [-0.25, -0.2) is 0 Å². The molecule has 1 unspecified atom stereocenters. The van der Waals surface area contributed by atoms with Crippen molar-refractivity contribution in [1.82, 2.24) is 4.90 Å². The molecule has 1 aliphatic rings. The second kappa shape index (κ2) is 5.74. The lowest BCUT2D eigenvalue weighted by atomic mass is 9.97. The van der Waals surface area contributed by atoms with E-state index >= 15 is 0 Å². The summed E-state index contributed by atoms with van der Waals surface area (Å²) in [4.78, 5) is 14.1. The zero-order valence-electron chi connectivity index (χ0n) is 11.5. The zero-order valence-corrected chi connectivity index (χ0v) is 13.1. The number of thiophene rings is 1. The van der Waals surface area contributed by atoms with Crippen molar-refractivity contribution in [2.24, 2.45) is 5.92 Å². The first-order chi connectivity index (χ1) is 10.4. The van der Waals surface area contributed by atoms with Gasteiger partial charge in [0.15, 0.2) is 0 Å². The summed E-state index contributed by atoms with van der Waals surface area (Å²) in [6, 6.07) is 7.30. The highest BCUT2D eigenvalue weighted by Gasteiger charge is 2.43. The largest absolute Gasteiger partial charge is 0.393 e. The van der Waals surface area contributed by atoms with Gasteiger partial charge in [-0.05, 0) is 18.9 Å². The summed E-state index contributed by atoms with van der Waals surface area (Å²) in [5.74, 6) is -1.85. The van der Waals surface area contributed by atoms with Crippen molar-refractivity contribution in [1.29, 1.82) is 0 Å². The van der Waals surface area contributed by atoms with Crippen molar-refractivity contribution in [3.8, 4) is 0 Å². The third-order valence-electron chi connectivity index (χ3n) is 3.90. The number of carbonyl (C=O) groups excluding carboxylic acids is 1. The summed E-state index contributed by atoms with van der Waals surface area (Å²) in [5, 5.41) is 1.10. The van der Waals surface area contributed by atoms with Crippen LogP contribution in [0.25, 0.3) is 10.1 Å². The van der Waals surface area contributed by atoms with E-state index in [1.54, 1.807) is 6.07 Å². The summed E-state index contributed by atoms with van der Waals surface area (Å²) >= 11 is 7.47. The SMILES string of the molecule is O=C(c1sc2ccccc2c1Cl)N1CCCC(C(F)(F)F)C1. The molecule has 2 heterocycles. The Bertz CT molecular complexity index is 712. The molecule has 1 aliphatic heterocycles. The van der Waals surface area contributed by atoms with Crippen LogP contribution in [0.1, 0.15) is 22.5 Å². The lowest BCUT2D eigenvalue weighted by Crippen LogP contribution is -2.44. The van der Waals surface area contributed by atoms with Crippen molar-refractivity contribution in [3.05, 3.63) is 34.2 Å². The van der Waals surface area contributed by atoms with Gasteiger partial charge in [0.25, 0.3) is 5.91 Å². The molecule has 22 heavy (non-hydrogen) atoms. The average molecular weight is 348 g/mol. The van der Waals surface area contributed by atoms with E-state index in [1.165, 1.54) is 16.2 Å². The van der Waals surface area contributed by atoms with E-state index in [-0.39, 0.29) is 13.0 Å². The third-order valence-corrected chi connectivity index (χ3v) is 5.56. The molecule has 1 saturated heterocycles. The van der Waals surface area contributed by atoms with Gasteiger partial charge in [0.1, 0.15) is 4.88 Å². The van der Waals surface area contributed by atoms with Crippen molar-refractivity contribution in [3.63, 3.8) is 0 Å². The quantitative estimate of drug-likeness (QED) is 0.713. The zero-order chi connectivity index (χ0) is 15.9. The summed E-state index contributed by atoms with van der Waals surface area (Å²) in [7, 11) is 0. The van der Waals surface area contributed by atoms with Gasteiger partial charge in [0.2, 0.25) is 0 Å². The summed E-state index contributed by atoms with van der Waals surface area (Å²) < 4.78 is 39.5. The van der Waals surface area contributed by atoms with Crippen molar-refractivity contribution in [2.75, 3.05) is 13.1 Å². The number of benzene rings is 1. The normalized spacial score (nSPS) is 19.6. The summed E-state index contributed by atoms with van der Waals surface area (Å²) in [6.45, 7) is 0.0584. The van der Waals surface area contributed by atoms with Crippen LogP contribution in [0.2, 0.25) is 5.02 Å². The number of nitrogens with zero attached hydrogens (tertiary/aromatic N) is 1. The van der Waals surface area contributed by atoms with Crippen LogP contribution in [0.3, 0.4) is 0 Å². The Morgan fingerprint density at radius 3 is 2.73 bits per heavy atom. The first-order valence-corrected chi connectivity index (χ1v) is 8.10. The number of hydrogen-bond donors (Lipinski definition) is 0. The van der Waals surface area contributed by atoms with Crippen molar-refractivity contribution >= 4 is 38.9 Å². The molecule has 2 nitrogen and oxygen atoms in total. The van der Waals surface area contributed by atoms with Crippen molar-refractivity contribution in [2.45, 2.75) is 19.0 Å². The molecule has 0 N–H and O–H groups in total. The molecule has 118 valence electrons. The minimum Gasteiger partial charge on any atom is -0.337 e. The number of halogens is 4. The monoisotopic (exact) mass is 347 g/mol. The smallest absolute Gasteiger partial charge is 0.337 e. The van der Waals surface area contributed by atoms with E-state index in [0.717, 1.165) is 10.1 Å². The van der Waals surface area contributed by atoms with Gasteiger partial charge < -0.3 is 4.90 Å². The highest BCUT2D eigenvalue weighted by Crippen LogP contribution is 2.38. The van der Waals surface area contributed by atoms with Crippen LogP contribution < -0.4 is 0 Å². The van der Waals surface area contributed by atoms with Crippen LogP contribution in [0, 0.1) is 5.92 Å². The van der Waals surface area contributed by atoms with Gasteiger partial charge in [-0.1, -0.05) is 29.8 Å². The molecule has 1 fully saturated rings. The van der Waals surface area contributed by atoms with Crippen molar-refractivity contribution < 1.29 is 18.0 Å². The molecule has 0 aliphatic carbocycles. The molecule has 0 spiro atoms. The molecule has 0 radical (unpaired) electrons. The molecule has 0 saturated carbocycles. The molecule has 1 atom stereocenters. The Labute approximate surface area is 134 Å². The second-order valence-corrected chi connectivity index (χ2v) is 6.80. The van der Waals surface area contributed by atoms with E-state index in [4.69, 9.17) is 11.6 Å². The number of hydrogen-bond acceptors (Lipinski definition) is 2. The minimum atomic E-state index is -4.26. The maximum atomic E-state index is 12.9. The molecule has 3 rings (SSSR count). The van der Waals surface area contributed by atoms with E-state index < -0.39 is 18.0 Å².